The minimum Gasteiger partial charge on any atom is -0.490 e. The van der Waals surface area contributed by atoms with Gasteiger partial charge >= 0.3 is 6.18 Å². The van der Waals surface area contributed by atoms with Crippen LogP contribution in [0.4, 0.5) is 17.6 Å². The van der Waals surface area contributed by atoms with E-state index in [2.05, 4.69) is 0 Å². The number of carbonyl (C=O) groups excluding carboxylic acids is 2. The number of hydrogen-bond acceptors (Lipinski definition) is 5. The summed E-state index contributed by atoms with van der Waals surface area (Å²) < 4.78 is 63.6. The molecule has 1 saturated heterocycles. The van der Waals surface area contributed by atoms with Gasteiger partial charge in [0.1, 0.15) is 12.9 Å². The molecule has 172 valence electrons. The molecule has 2 aliphatic rings. The third kappa shape index (κ3) is 5.35. The van der Waals surface area contributed by atoms with Crippen LogP contribution in [0.25, 0.3) is 0 Å². The molecule has 0 bridgehead atoms. The minimum absolute atomic E-state index is 0.0123. The number of hydrogen-bond donors (Lipinski definition) is 1. The first kappa shape index (κ1) is 23.5. The maximum absolute atomic E-state index is 14.1. The Bertz CT molecular complexity index is 818. The second-order valence-corrected chi connectivity index (χ2v) is 8.36. The summed E-state index contributed by atoms with van der Waals surface area (Å²) >= 11 is 0. The summed E-state index contributed by atoms with van der Waals surface area (Å²) in [5, 5.41) is 0. The molecule has 0 atom stereocenters. The van der Waals surface area contributed by atoms with Crippen molar-refractivity contribution in [2.75, 3.05) is 32.9 Å². The minimum atomic E-state index is -4.62. The van der Waals surface area contributed by atoms with Gasteiger partial charge in [-0.25, -0.2) is 4.39 Å². The molecule has 1 heterocycles. The Balaban J connectivity index is 1.45. The molecule has 0 spiro atoms. The van der Waals surface area contributed by atoms with E-state index in [0.29, 0.717) is 38.3 Å². The molecule has 2 fully saturated rings. The van der Waals surface area contributed by atoms with Crippen LogP contribution in [0.15, 0.2) is 12.1 Å². The van der Waals surface area contributed by atoms with E-state index in [9.17, 15) is 27.2 Å². The fraction of sp³-hybridized carbons (Fsp3) is 0.619. The van der Waals surface area contributed by atoms with Crippen LogP contribution < -0.4 is 10.5 Å². The largest absolute Gasteiger partial charge is 0.490 e. The summed E-state index contributed by atoms with van der Waals surface area (Å²) in [4.78, 5) is 24.4. The predicted octanol–water partition coefficient (Wildman–Crippen LogP) is 2.57. The van der Waals surface area contributed by atoms with E-state index in [1.807, 2.05) is 0 Å². The molecule has 6 nitrogen and oxygen atoms in total. The normalized spacial score (nSPS) is 23.8. The molecule has 10 heteroatoms. The Morgan fingerprint density at radius 3 is 2.58 bits per heavy atom. The van der Waals surface area contributed by atoms with Crippen LogP contribution in [0.1, 0.15) is 30.9 Å². The average molecular weight is 446 g/mol. The molecule has 2 N–H and O–H groups in total. The summed E-state index contributed by atoms with van der Waals surface area (Å²) in [6.07, 6.45) is -2.91. The molecular weight excluding hydrogens is 420 g/mol. The van der Waals surface area contributed by atoms with Crippen molar-refractivity contribution in [3.63, 3.8) is 0 Å². The van der Waals surface area contributed by atoms with Gasteiger partial charge < -0.3 is 24.9 Å². The summed E-state index contributed by atoms with van der Waals surface area (Å²) in [6, 6.07) is 1.57. The third-order valence-electron chi connectivity index (χ3n) is 5.82. The average Bonchev–Trinajstić information content (AvgIpc) is 2.64. The van der Waals surface area contributed by atoms with Gasteiger partial charge in [-0.1, -0.05) is 6.92 Å². The number of benzene rings is 1. The van der Waals surface area contributed by atoms with Crippen LogP contribution in [0, 0.1) is 17.7 Å². The SMILES string of the molecule is CCc1cc(OCC2CN(C(=O)[C@H]3C[C@](N)(COCC=O)C3)C2)c(F)cc1C(F)(F)F. The lowest BCUT2D eigenvalue weighted by molar-refractivity contribution is -0.149. The predicted molar refractivity (Wildman–Crippen MR) is 103 cm³/mol. The molecule has 0 radical (unpaired) electrons. The van der Waals surface area contributed by atoms with Gasteiger partial charge in [0.05, 0.1) is 18.8 Å². The van der Waals surface area contributed by atoms with Crippen LogP contribution in [-0.2, 0) is 26.9 Å². The van der Waals surface area contributed by atoms with Crippen LogP contribution in [0.5, 0.6) is 5.75 Å². The number of aryl methyl sites for hydroxylation is 1. The van der Waals surface area contributed by atoms with Crippen molar-refractivity contribution in [1.29, 1.82) is 0 Å². The molecule has 0 unspecified atom stereocenters. The number of carbonyl (C=O) groups is 2. The second kappa shape index (κ2) is 9.12. The lowest BCUT2D eigenvalue weighted by Gasteiger charge is -2.48. The number of ether oxygens (including phenoxy) is 2. The standard InChI is InChI=1S/C21H26F4N2O4/c1-2-14-5-18(17(22)6-16(14)21(23,24)25)31-11-13-9-27(10-13)19(29)15-7-20(26,8-15)12-30-4-3-28/h3,5-6,13,15H,2,4,7-12,26H2,1H3/t15-,20+. The number of nitrogens with two attached hydrogens (primary N) is 1. The van der Waals surface area contributed by atoms with Crippen molar-refractivity contribution < 1.29 is 36.6 Å². The number of nitrogens with zero attached hydrogens (tertiary/aromatic N) is 1. The quantitative estimate of drug-likeness (QED) is 0.358. The van der Waals surface area contributed by atoms with Crippen LogP contribution in [0.3, 0.4) is 0 Å². The summed E-state index contributed by atoms with van der Waals surface area (Å²) in [7, 11) is 0. The Labute approximate surface area is 177 Å². The molecule has 1 aromatic rings. The lowest BCUT2D eigenvalue weighted by Crippen LogP contribution is -2.62. The zero-order chi connectivity index (χ0) is 22.8. The Kier molecular flexibility index (Phi) is 6.90. The number of aldehydes is 1. The van der Waals surface area contributed by atoms with Crippen molar-refractivity contribution >= 4 is 12.2 Å². The van der Waals surface area contributed by atoms with E-state index in [4.69, 9.17) is 15.2 Å². The first-order valence-electron chi connectivity index (χ1n) is 10.2. The molecular formula is C21H26F4N2O4. The highest BCUT2D eigenvalue weighted by Gasteiger charge is 2.47. The number of rotatable bonds is 9. The van der Waals surface area contributed by atoms with E-state index in [0.717, 1.165) is 6.07 Å². The fourth-order valence-electron chi connectivity index (χ4n) is 4.11. The zero-order valence-electron chi connectivity index (χ0n) is 17.2. The first-order valence-corrected chi connectivity index (χ1v) is 10.2. The van der Waals surface area contributed by atoms with Gasteiger partial charge in [-0.3, -0.25) is 4.79 Å². The maximum atomic E-state index is 14.1. The van der Waals surface area contributed by atoms with E-state index < -0.39 is 23.1 Å². The molecule has 1 aliphatic heterocycles. The first-order chi connectivity index (χ1) is 14.6. The molecule has 1 saturated carbocycles. The number of amides is 1. The van der Waals surface area contributed by atoms with Crippen LogP contribution in [0.2, 0.25) is 0 Å². The topological polar surface area (TPSA) is 81.9 Å². The zero-order valence-corrected chi connectivity index (χ0v) is 17.2. The highest BCUT2D eigenvalue weighted by molar-refractivity contribution is 5.81. The Morgan fingerprint density at radius 2 is 2.00 bits per heavy atom. The fourth-order valence-corrected chi connectivity index (χ4v) is 4.11. The summed E-state index contributed by atoms with van der Waals surface area (Å²) in [5.74, 6) is -1.48. The third-order valence-corrected chi connectivity index (χ3v) is 5.82. The van der Waals surface area contributed by atoms with Gasteiger partial charge in [0.2, 0.25) is 5.91 Å². The maximum Gasteiger partial charge on any atom is 0.416 e. The van der Waals surface area contributed by atoms with Gasteiger partial charge in [-0.2, -0.15) is 13.2 Å². The Hall–Kier alpha value is -2.20. The molecule has 3 rings (SSSR count). The smallest absolute Gasteiger partial charge is 0.416 e. The van der Waals surface area contributed by atoms with E-state index in [-0.39, 0.29) is 55.3 Å². The van der Waals surface area contributed by atoms with E-state index >= 15 is 0 Å². The van der Waals surface area contributed by atoms with Crippen molar-refractivity contribution in [2.24, 2.45) is 17.6 Å². The molecule has 1 amide bonds. The van der Waals surface area contributed by atoms with Gasteiger partial charge in [0, 0.05) is 30.5 Å². The number of likely N-dealkylation sites (tertiary alicyclic amines) is 1. The summed E-state index contributed by atoms with van der Waals surface area (Å²) in [6.45, 7) is 2.76. The second-order valence-electron chi connectivity index (χ2n) is 8.36. The Morgan fingerprint density at radius 1 is 1.32 bits per heavy atom. The number of halogens is 4. The van der Waals surface area contributed by atoms with Gasteiger partial charge in [0.25, 0.3) is 0 Å². The highest BCUT2D eigenvalue weighted by atomic mass is 19.4. The van der Waals surface area contributed by atoms with Gasteiger partial charge in [0.15, 0.2) is 11.6 Å². The monoisotopic (exact) mass is 446 g/mol. The summed E-state index contributed by atoms with van der Waals surface area (Å²) in [5.41, 5.74) is 4.50. The van der Waals surface area contributed by atoms with Gasteiger partial charge in [-0.05, 0) is 37.0 Å². The van der Waals surface area contributed by atoms with Gasteiger partial charge in [-0.15, -0.1) is 0 Å². The molecule has 0 aromatic heterocycles. The van der Waals surface area contributed by atoms with Crippen molar-refractivity contribution in [3.05, 3.63) is 29.1 Å². The highest BCUT2D eigenvalue weighted by Crippen LogP contribution is 2.39. The lowest BCUT2D eigenvalue weighted by atomic mass is 9.68. The van der Waals surface area contributed by atoms with Crippen LogP contribution in [-0.4, -0.2) is 55.5 Å². The van der Waals surface area contributed by atoms with Crippen LogP contribution >= 0.6 is 0 Å². The van der Waals surface area contributed by atoms with Crippen molar-refractivity contribution in [2.45, 2.75) is 37.9 Å². The van der Waals surface area contributed by atoms with E-state index in [1.54, 1.807) is 11.8 Å². The molecule has 31 heavy (non-hydrogen) atoms. The molecule has 1 aromatic carbocycles. The van der Waals surface area contributed by atoms with Crippen molar-refractivity contribution in [3.8, 4) is 5.75 Å². The van der Waals surface area contributed by atoms with E-state index in [1.165, 1.54) is 0 Å². The molecule has 1 aliphatic carbocycles. The van der Waals surface area contributed by atoms with Crippen molar-refractivity contribution in [1.82, 2.24) is 4.90 Å². The number of alkyl halides is 3.